The first-order valence-corrected chi connectivity index (χ1v) is 10.9. The molecule has 1 fully saturated rings. The van der Waals surface area contributed by atoms with E-state index in [0.29, 0.717) is 19.6 Å². The van der Waals surface area contributed by atoms with Gasteiger partial charge in [0, 0.05) is 38.4 Å². The predicted octanol–water partition coefficient (Wildman–Crippen LogP) is 1.86. The summed E-state index contributed by atoms with van der Waals surface area (Å²) in [6, 6.07) is 10.8. The van der Waals surface area contributed by atoms with E-state index < -0.39 is 26.6 Å². The Balaban J connectivity index is 1.39. The molecule has 154 valence electrons. The van der Waals surface area contributed by atoms with Crippen molar-refractivity contribution in [3.63, 3.8) is 0 Å². The van der Waals surface area contributed by atoms with Crippen LogP contribution in [0.3, 0.4) is 0 Å². The largest absolute Gasteiger partial charge is 0.311 e. The van der Waals surface area contributed by atoms with E-state index in [1.807, 2.05) is 29.2 Å². The van der Waals surface area contributed by atoms with Crippen LogP contribution in [0.2, 0.25) is 0 Å². The molecule has 2 aromatic rings. The minimum Gasteiger partial charge on any atom is -0.311 e. The van der Waals surface area contributed by atoms with Gasteiger partial charge in [0.1, 0.15) is 11.6 Å². The topological polar surface area (TPSA) is 60.9 Å². The van der Waals surface area contributed by atoms with Crippen LogP contribution >= 0.6 is 0 Å². The summed E-state index contributed by atoms with van der Waals surface area (Å²) >= 11 is 0. The summed E-state index contributed by atoms with van der Waals surface area (Å²) in [6.45, 7) is 1.59. The molecule has 4 rings (SSSR count). The maximum absolute atomic E-state index is 13.9. The average molecular weight is 421 g/mol. The Morgan fingerprint density at radius 2 is 1.55 bits per heavy atom. The van der Waals surface area contributed by atoms with Crippen molar-refractivity contribution >= 4 is 21.6 Å². The van der Waals surface area contributed by atoms with Gasteiger partial charge in [0.2, 0.25) is 15.9 Å². The highest BCUT2D eigenvalue weighted by Gasteiger charge is 2.34. The van der Waals surface area contributed by atoms with E-state index in [1.165, 1.54) is 0 Å². The van der Waals surface area contributed by atoms with Gasteiger partial charge in [-0.1, -0.05) is 24.3 Å². The zero-order chi connectivity index (χ0) is 20.6. The van der Waals surface area contributed by atoms with Crippen molar-refractivity contribution in [2.45, 2.75) is 11.3 Å². The van der Waals surface area contributed by atoms with Crippen LogP contribution in [0.4, 0.5) is 14.5 Å². The van der Waals surface area contributed by atoms with Gasteiger partial charge in [-0.05, 0) is 30.2 Å². The average Bonchev–Trinajstić information content (AvgIpc) is 3.12. The van der Waals surface area contributed by atoms with Gasteiger partial charge >= 0.3 is 0 Å². The molecule has 1 saturated heterocycles. The maximum atomic E-state index is 13.9. The van der Waals surface area contributed by atoms with Crippen molar-refractivity contribution in [2.75, 3.05) is 44.2 Å². The number of carbonyl (C=O) groups excluding carboxylic acids is 1. The first-order valence-electron chi connectivity index (χ1n) is 9.43. The first kappa shape index (κ1) is 19.9. The van der Waals surface area contributed by atoms with Gasteiger partial charge in [-0.3, -0.25) is 9.69 Å². The maximum Gasteiger partial charge on any atom is 0.249 e. The van der Waals surface area contributed by atoms with Crippen molar-refractivity contribution in [1.29, 1.82) is 0 Å². The van der Waals surface area contributed by atoms with Crippen LogP contribution in [-0.4, -0.2) is 62.8 Å². The molecule has 9 heteroatoms. The van der Waals surface area contributed by atoms with Crippen molar-refractivity contribution in [2.24, 2.45) is 0 Å². The second-order valence-corrected chi connectivity index (χ2v) is 9.03. The molecule has 0 saturated carbocycles. The number of fused-ring (bicyclic) bond motifs is 1. The Kier molecular flexibility index (Phi) is 5.37. The summed E-state index contributed by atoms with van der Waals surface area (Å²) in [6.07, 6.45) is 0.822. The molecule has 0 spiro atoms. The molecule has 2 heterocycles. The number of anilines is 1. The molecule has 0 aromatic heterocycles. The minimum absolute atomic E-state index is 0.0357. The summed E-state index contributed by atoms with van der Waals surface area (Å²) in [5.41, 5.74) is 2.07. The number of sulfonamides is 1. The number of para-hydroxylation sites is 1. The van der Waals surface area contributed by atoms with Crippen molar-refractivity contribution in [3.05, 3.63) is 59.7 Å². The molecule has 0 radical (unpaired) electrons. The Bertz CT molecular complexity index is 1020. The fourth-order valence-electron chi connectivity index (χ4n) is 3.86. The Morgan fingerprint density at radius 1 is 0.897 bits per heavy atom. The summed E-state index contributed by atoms with van der Waals surface area (Å²) in [7, 11) is -4.27. The molecule has 0 N–H and O–H groups in total. The van der Waals surface area contributed by atoms with Crippen LogP contribution in [0.5, 0.6) is 0 Å². The van der Waals surface area contributed by atoms with E-state index in [2.05, 4.69) is 0 Å². The molecular weight excluding hydrogens is 400 g/mol. The molecule has 0 aliphatic carbocycles. The van der Waals surface area contributed by atoms with Crippen molar-refractivity contribution in [1.82, 2.24) is 9.21 Å². The molecule has 2 aliphatic heterocycles. The van der Waals surface area contributed by atoms with Crippen LogP contribution in [0.1, 0.15) is 5.56 Å². The number of nitrogens with zero attached hydrogens (tertiary/aromatic N) is 3. The van der Waals surface area contributed by atoms with Gasteiger partial charge in [0.25, 0.3) is 0 Å². The monoisotopic (exact) mass is 421 g/mol. The first-order chi connectivity index (χ1) is 13.9. The highest BCUT2D eigenvalue weighted by Crippen LogP contribution is 2.28. The number of benzene rings is 2. The van der Waals surface area contributed by atoms with E-state index in [-0.39, 0.29) is 25.5 Å². The van der Waals surface area contributed by atoms with E-state index >= 15 is 0 Å². The lowest BCUT2D eigenvalue weighted by Crippen LogP contribution is -2.51. The third kappa shape index (κ3) is 3.77. The smallest absolute Gasteiger partial charge is 0.249 e. The minimum atomic E-state index is -4.27. The quantitative estimate of drug-likeness (QED) is 0.756. The van der Waals surface area contributed by atoms with Crippen molar-refractivity contribution < 1.29 is 22.0 Å². The van der Waals surface area contributed by atoms with Gasteiger partial charge in [0.05, 0.1) is 6.54 Å². The summed E-state index contributed by atoms with van der Waals surface area (Å²) in [5.74, 6) is -2.24. The molecule has 2 aliphatic rings. The van der Waals surface area contributed by atoms with E-state index in [4.69, 9.17) is 0 Å². The third-order valence-electron chi connectivity index (χ3n) is 5.40. The Labute approximate surface area is 168 Å². The van der Waals surface area contributed by atoms with Gasteiger partial charge in [-0.15, -0.1) is 0 Å². The summed E-state index contributed by atoms with van der Waals surface area (Å²) in [4.78, 5) is 15.4. The molecule has 2 aromatic carbocycles. The number of piperazine rings is 1. The normalized spacial score (nSPS) is 18.1. The third-order valence-corrected chi connectivity index (χ3v) is 7.35. The summed E-state index contributed by atoms with van der Waals surface area (Å²) in [5, 5.41) is 0. The van der Waals surface area contributed by atoms with Crippen LogP contribution in [0, 0.1) is 11.6 Å². The zero-order valence-corrected chi connectivity index (χ0v) is 16.5. The molecule has 29 heavy (non-hydrogen) atoms. The van der Waals surface area contributed by atoms with Gasteiger partial charge in [-0.25, -0.2) is 17.2 Å². The number of hydrogen-bond acceptors (Lipinski definition) is 4. The second-order valence-electron chi connectivity index (χ2n) is 7.16. The molecule has 0 bridgehead atoms. The van der Waals surface area contributed by atoms with Crippen LogP contribution < -0.4 is 4.90 Å². The highest BCUT2D eigenvalue weighted by molar-refractivity contribution is 7.89. The van der Waals surface area contributed by atoms with Gasteiger partial charge in [-0.2, -0.15) is 4.31 Å². The molecular formula is C20H21F2N3O3S. The van der Waals surface area contributed by atoms with E-state index in [9.17, 15) is 22.0 Å². The zero-order valence-electron chi connectivity index (χ0n) is 15.7. The van der Waals surface area contributed by atoms with Gasteiger partial charge in [0.15, 0.2) is 4.90 Å². The lowest BCUT2D eigenvalue weighted by atomic mass is 10.2. The van der Waals surface area contributed by atoms with E-state index in [1.54, 1.807) is 4.90 Å². The lowest BCUT2D eigenvalue weighted by Gasteiger charge is -2.34. The molecule has 0 atom stereocenters. The molecule has 1 amide bonds. The summed E-state index contributed by atoms with van der Waals surface area (Å²) < 4.78 is 54.3. The lowest BCUT2D eigenvalue weighted by molar-refractivity contribution is -0.119. The Morgan fingerprint density at radius 3 is 2.24 bits per heavy atom. The number of hydrogen-bond donors (Lipinski definition) is 0. The number of halogens is 2. The second kappa shape index (κ2) is 7.81. The fourth-order valence-corrected chi connectivity index (χ4v) is 5.39. The molecule has 0 unspecified atom stereocenters. The number of amides is 1. The van der Waals surface area contributed by atoms with Crippen LogP contribution in [0.15, 0.2) is 47.4 Å². The Hall–Kier alpha value is -2.36. The van der Waals surface area contributed by atoms with E-state index in [0.717, 1.165) is 40.2 Å². The predicted molar refractivity (Wildman–Crippen MR) is 104 cm³/mol. The number of carbonyl (C=O) groups is 1. The number of rotatable bonds is 4. The SMILES string of the molecule is O=C(CN1CCN(S(=O)(=O)c2c(F)cccc2F)CC1)N1CCc2ccccc21. The molecule has 6 nitrogen and oxygen atoms in total. The van der Waals surface area contributed by atoms with Crippen molar-refractivity contribution in [3.8, 4) is 0 Å². The van der Waals surface area contributed by atoms with Crippen LogP contribution in [-0.2, 0) is 21.2 Å². The van der Waals surface area contributed by atoms with Crippen LogP contribution in [0.25, 0.3) is 0 Å². The highest BCUT2D eigenvalue weighted by atomic mass is 32.2. The van der Waals surface area contributed by atoms with Gasteiger partial charge < -0.3 is 4.90 Å². The fraction of sp³-hybridized carbons (Fsp3) is 0.350. The standard InChI is InChI=1S/C20H21F2N3O3S/c21-16-5-3-6-17(22)20(16)29(27,28)24-12-10-23(11-13-24)14-19(26)25-9-8-15-4-1-2-7-18(15)25/h1-7H,8-14H2.